The van der Waals surface area contributed by atoms with Crippen LogP contribution in [-0.2, 0) is 4.74 Å². The molecule has 13 heavy (non-hydrogen) atoms. The second kappa shape index (κ2) is 3.07. The molecule has 1 fully saturated rings. The molecule has 2 aliphatic rings. The Bertz CT molecular complexity index is 270. The number of allylic oxidation sites excluding steroid dienone is 1. The zero-order valence-corrected chi connectivity index (χ0v) is 7.95. The lowest BCUT2D eigenvalue weighted by molar-refractivity contribution is 0.0113. The number of morpholine rings is 1. The molecule has 1 aliphatic heterocycles. The van der Waals surface area contributed by atoms with Gasteiger partial charge in [-0.1, -0.05) is 6.92 Å². The highest BCUT2D eigenvalue weighted by molar-refractivity contribution is 5.28. The van der Waals surface area contributed by atoms with E-state index in [1.165, 1.54) is 0 Å². The third kappa shape index (κ3) is 1.56. The van der Waals surface area contributed by atoms with E-state index in [0.29, 0.717) is 11.8 Å². The van der Waals surface area contributed by atoms with Crippen LogP contribution in [0.3, 0.4) is 0 Å². The minimum absolute atomic E-state index is 0.104. The Hall–Kier alpha value is -0.960. The molecule has 3 heteroatoms. The van der Waals surface area contributed by atoms with Crippen LogP contribution in [0.2, 0.25) is 0 Å². The summed E-state index contributed by atoms with van der Waals surface area (Å²) in [5.74, 6) is 0.587. The monoisotopic (exact) mass is 181 g/mol. The highest BCUT2D eigenvalue weighted by Crippen LogP contribution is 2.26. The van der Waals surface area contributed by atoms with Crippen molar-refractivity contribution >= 4 is 0 Å². The van der Waals surface area contributed by atoms with Crippen LogP contribution in [0.25, 0.3) is 0 Å². The van der Waals surface area contributed by atoms with Gasteiger partial charge in [0, 0.05) is 23.7 Å². The van der Waals surface area contributed by atoms with Crippen molar-refractivity contribution in [2.75, 3.05) is 6.61 Å². The summed E-state index contributed by atoms with van der Waals surface area (Å²) >= 11 is 0. The normalized spacial score (nSPS) is 38.5. The lowest BCUT2D eigenvalue weighted by Crippen LogP contribution is -2.46. The van der Waals surface area contributed by atoms with E-state index in [9.17, 15) is 5.11 Å². The maximum absolute atomic E-state index is 9.39. The van der Waals surface area contributed by atoms with Gasteiger partial charge >= 0.3 is 0 Å². The molecular formula is C10H15NO2. The van der Waals surface area contributed by atoms with Gasteiger partial charge in [-0.25, -0.2) is 0 Å². The smallest absolute Gasteiger partial charge is 0.113 e. The summed E-state index contributed by atoms with van der Waals surface area (Å²) in [6.07, 6.45) is 3.68. The topological polar surface area (TPSA) is 41.5 Å². The number of aliphatic hydroxyl groups excluding tert-OH is 1. The zero-order valence-electron chi connectivity index (χ0n) is 7.95. The fraction of sp³-hybridized carbons (Fsp3) is 0.600. The Morgan fingerprint density at radius 3 is 3.08 bits per heavy atom. The van der Waals surface area contributed by atoms with Crippen LogP contribution in [-0.4, -0.2) is 23.9 Å². The summed E-state index contributed by atoms with van der Waals surface area (Å²) in [6.45, 7) is 4.85. The Morgan fingerprint density at radius 2 is 2.31 bits per heavy atom. The van der Waals surface area contributed by atoms with Crippen molar-refractivity contribution in [1.82, 2.24) is 5.32 Å². The van der Waals surface area contributed by atoms with Crippen molar-refractivity contribution in [3.05, 3.63) is 23.6 Å². The molecule has 3 atom stereocenters. The van der Waals surface area contributed by atoms with Gasteiger partial charge in [-0.15, -0.1) is 0 Å². The van der Waals surface area contributed by atoms with Crippen LogP contribution >= 0.6 is 0 Å². The largest absolute Gasteiger partial charge is 0.508 e. The van der Waals surface area contributed by atoms with Gasteiger partial charge in [-0.2, -0.15) is 0 Å². The fourth-order valence-electron chi connectivity index (χ4n) is 1.87. The molecule has 72 valence electrons. The first-order valence-corrected chi connectivity index (χ1v) is 4.67. The number of ether oxygens (including phenoxy) is 1. The van der Waals surface area contributed by atoms with E-state index in [4.69, 9.17) is 4.74 Å². The van der Waals surface area contributed by atoms with Crippen LogP contribution in [0.5, 0.6) is 0 Å². The van der Waals surface area contributed by atoms with Crippen molar-refractivity contribution in [3.8, 4) is 0 Å². The zero-order chi connectivity index (χ0) is 9.42. The van der Waals surface area contributed by atoms with Crippen LogP contribution in [0.15, 0.2) is 23.6 Å². The molecule has 0 aromatic rings. The number of hydrogen-bond acceptors (Lipinski definition) is 3. The number of aliphatic hydroxyl groups is 1. The number of rotatable bonds is 0. The Balaban J connectivity index is 2.22. The van der Waals surface area contributed by atoms with E-state index in [1.807, 2.05) is 13.0 Å². The maximum Gasteiger partial charge on any atom is 0.113 e. The molecule has 0 radical (unpaired) electrons. The van der Waals surface area contributed by atoms with E-state index in [-0.39, 0.29) is 12.0 Å². The quantitative estimate of drug-likeness (QED) is 0.592. The summed E-state index contributed by atoms with van der Waals surface area (Å²) in [6, 6.07) is 0.334. The third-order valence-corrected chi connectivity index (χ3v) is 2.46. The Kier molecular flexibility index (Phi) is 2.04. The highest BCUT2D eigenvalue weighted by Gasteiger charge is 2.29. The predicted molar refractivity (Wildman–Crippen MR) is 50.3 cm³/mol. The van der Waals surface area contributed by atoms with Crippen LogP contribution < -0.4 is 5.32 Å². The second-order valence-corrected chi connectivity index (χ2v) is 3.85. The second-order valence-electron chi connectivity index (χ2n) is 3.85. The third-order valence-electron chi connectivity index (χ3n) is 2.46. The molecule has 0 bridgehead atoms. The van der Waals surface area contributed by atoms with Crippen molar-refractivity contribution in [3.63, 3.8) is 0 Å². The van der Waals surface area contributed by atoms with Crippen molar-refractivity contribution in [2.45, 2.75) is 26.0 Å². The lowest BCUT2D eigenvalue weighted by Gasteiger charge is -2.36. The van der Waals surface area contributed by atoms with Gasteiger partial charge in [-0.05, 0) is 13.0 Å². The highest BCUT2D eigenvalue weighted by atomic mass is 16.5. The molecule has 2 N–H and O–H groups in total. The minimum Gasteiger partial charge on any atom is -0.508 e. The van der Waals surface area contributed by atoms with Gasteiger partial charge in [-0.3, -0.25) is 0 Å². The number of fused-ring (bicyclic) bond motifs is 1. The summed E-state index contributed by atoms with van der Waals surface area (Å²) < 4.78 is 5.67. The first-order chi connectivity index (χ1) is 6.16. The van der Waals surface area contributed by atoms with Gasteiger partial charge < -0.3 is 15.2 Å². The summed E-state index contributed by atoms with van der Waals surface area (Å²) in [5.41, 5.74) is 1.01. The predicted octanol–water partition coefficient (Wildman–Crippen LogP) is 1.34. The molecule has 0 amide bonds. The molecule has 0 aromatic carbocycles. The fourth-order valence-corrected chi connectivity index (χ4v) is 1.87. The summed E-state index contributed by atoms with van der Waals surface area (Å²) in [4.78, 5) is 0. The molecular weight excluding hydrogens is 166 g/mol. The van der Waals surface area contributed by atoms with E-state index in [2.05, 4.69) is 12.2 Å². The van der Waals surface area contributed by atoms with Crippen molar-refractivity contribution in [1.29, 1.82) is 0 Å². The molecule has 1 saturated heterocycles. The molecule has 3 nitrogen and oxygen atoms in total. The van der Waals surface area contributed by atoms with Gasteiger partial charge in [0.2, 0.25) is 0 Å². The molecule has 1 aliphatic carbocycles. The van der Waals surface area contributed by atoms with Gasteiger partial charge in [0.1, 0.15) is 11.9 Å². The number of nitrogens with one attached hydrogen (secondary N) is 1. The molecule has 0 aromatic heterocycles. The standard InChI is InChI=1S/C10H15NO2/c1-6-3-8(12)4-9-10(6)13-5-7(2)11-9/h3-4,6-7,10-12H,5H2,1-2H3/t6-,7-,10?/m1/s1. The molecule has 1 heterocycles. The molecule has 2 rings (SSSR count). The first-order valence-electron chi connectivity index (χ1n) is 4.67. The maximum atomic E-state index is 9.39. The van der Waals surface area contributed by atoms with Crippen LogP contribution in [0.1, 0.15) is 13.8 Å². The average molecular weight is 181 g/mol. The first kappa shape index (κ1) is 8.63. The van der Waals surface area contributed by atoms with Crippen LogP contribution in [0, 0.1) is 5.92 Å². The average Bonchev–Trinajstić information content (AvgIpc) is 2.02. The molecule has 0 spiro atoms. The lowest BCUT2D eigenvalue weighted by atomic mass is 9.94. The van der Waals surface area contributed by atoms with Crippen molar-refractivity contribution in [2.24, 2.45) is 5.92 Å². The van der Waals surface area contributed by atoms with E-state index < -0.39 is 0 Å². The minimum atomic E-state index is 0.104. The van der Waals surface area contributed by atoms with E-state index in [1.54, 1.807) is 6.08 Å². The Labute approximate surface area is 78.1 Å². The summed E-state index contributed by atoms with van der Waals surface area (Å²) in [5, 5.41) is 12.7. The SMILES string of the molecule is C[C@@H]1COC2C(=CC(O)=C[C@H]2C)N1. The molecule has 0 saturated carbocycles. The van der Waals surface area contributed by atoms with Gasteiger partial charge in [0.15, 0.2) is 0 Å². The number of hydrogen-bond donors (Lipinski definition) is 2. The van der Waals surface area contributed by atoms with Crippen LogP contribution in [0.4, 0.5) is 0 Å². The Morgan fingerprint density at radius 1 is 1.54 bits per heavy atom. The van der Waals surface area contributed by atoms with E-state index in [0.717, 1.165) is 12.3 Å². The summed E-state index contributed by atoms with van der Waals surface area (Å²) in [7, 11) is 0. The van der Waals surface area contributed by atoms with E-state index >= 15 is 0 Å². The van der Waals surface area contributed by atoms with Gasteiger partial charge in [0.25, 0.3) is 0 Å². The van der Waals surface area contributed by atoms with Gasteiger partial charge in [0.05, 0.1) is 6.61 Å². The molecule has 1 unspecified atom stereocenters. The van der Waals surface area contributed by atoms with Crippen molar-refractivity contribution < 1.29 is 9.84 Å².